The summed E-state index contributed by atoms with van der Waals surface area (Å²) in [7, 11) is 0. The van der Waals surface area contributed by atoms with Crippen LogP contribution >= 0.6 is 0 Å². The van der Waals surface area contributed by atoms with E-state index in [0.29, 0.717) is 25.0 Å². The maximum absolute atomic E-state index is 12.6. The Morgan fingerprint density at radius 2 is 2.13 bits per heavy atom. The minimum atomic E-state index is 0.227. The summed E-state index contributed by atoms with van der Waals surface area (Å²) in [5.41, 5.74) is 2.37. The molecule has 0 aromatic heterocycles. The highest BCUT2D eigenvalue weighted by molar-refractivity contribution is 5.77. The molecule has 2 fully saturated rings. The monoisotopic (exact) mass is 317 g/mol. The van der Waals surface area contributed by atoms with Gasteiger partial charge in [-0.25, -0.2) is 0 Å². The third kappa shape index (κ3) is 4.25. The van der Waals surface area contributed by atoms with E-state index in [0.717, 1.165) is 50.3 Å². The number of benzene rings is 1. The summed E-state index contributed by atoms with van der Waals surface area (Å²) in [6.07, 6.45) is 3.83. The Labute approximate surface area is 138 Å². The lowest BCUT2D eigenvalue weighted by atomic mass is 10.1. The van der Waals surface area contributed by atoms with Crippen molar-refractivity contribution >= 4 is 5.91 Å². The van der Waals surface area contributed by atoms with Crippen molar-refractivity contribution in [2.24, 2.45) is 5.92 Å². The zero-order valence-corrected chi connectivity index (χ0v) is 14.2. The Balaban J connectivity index is 1.49. The molecule has 0 radical (unpaired) electrons. The molecule has 0 unspecified atom stereocenters. The average Bonchev–Trinajstić information content (AvgIpc) is 3.25. The zero-order valence-electron chi connectivity index (χ0n) is 14.2. The van der Waals surface area contributed by atoms with Crippen molar-refractivity contribution in [2.75, 3.05) is 26.4 Å². The molecular weight excluding hydrogens is 290 g/mol. The molecule has 1 saturated carbocycles. The Morgan fingerprint density at radius 1 is 1.30 bits per heavy atom. The second-order valence-corrected chi connectivity index (χ2v) is 6.80. The molecule has 0 bridgehead atoms. The van der Waals surface area contributed by atoms with Crippen LogP contribution in [0.2, 0.25) is 0 Å². The second-order valence-electron chi connectivity index (χ2n) is 6.80. The highest BCUT2D eigenvalue weighted by atomic mass is 16.5. The van der Waals surface area contributed by atoms with Gasteiger partial charge in [-0.3, -0.25) is 4.79 Å². The fourth-order valence-corrected chi connectivity index (χ4v) is 3.12. The first kappa shape index (κ1) is 16.3. The van der Waals surface area contributed by atoms with Crippen LogP contribution in [0.1, 0.15) is 36.8 Å². The van der Waals surface area contributed by atoms with Crippen LogP contribution in [0.15, 0.2) is 18.2 Å². The number of ether oxygens (including phenoxy) is 2. The minimum Gasteiger partial charge on any atom is -0.493 e. The molecule has 2 aliphatic rings. The fourth-order valence-electron chi connectivity index (χ4n) is 3.12. The molecule has 1 heterocycles. The molecule has 1 amide bonds. The van der Waals surface area contributed by atoms with Gasteiger partial charge in [0.05, 0.1) is 19.6 Å². The van der Waals surface area contributed by atoms with Gasteiger partial charge < -0.3 is 14.4 Å². The first-order valence-corrected chi connectivity index (χ1v) is 8.71. The molecule has 1 atom stereocenters. The topological polar surface area (TPSA) is 38.8 Å². The third-order valence-electron chi connectivity index (χ3n) is 4.92. The molecule has 23 heavy (non-hydrogen) atoms. The lowest BCUT2D eigenvalue weighted by molar-refractivity contribution is -0.133. The van der Waals surface area contributed by atoms with Gasteiger partial charge >= 0.3 is 0 Å². The van der Waals surface area contributed by atoms with Gasteiger partial charge in [0.2, 0.25) is 5.91 Å². The van der Waals surface area contributed by atoms with Gasteiger partial charge in [0.25, 0.3) is 0 Å². The summed E-state index contributed by atoms with van der Waals surface area (Å²) in [5.74, 6) is 1.63. The number of aryl methyl sites for hydroxylation is 1. The zero-order chi connectivity index (χ0) is 16.2. The maximum Gasteiger partial charge on any atom is 0.226 e. The predicted octanol–water partition coefficient (Wildman–Crippen LogP) is 3.10. The number of amides is 1. The van der Waals surface area contributed by atoms with Gasteiger partial charge in [0.15, 0.2) is 0 Å². The van der Waals surface area contributed by atoms with Crippen molar-refractivity contribution in [3.8, 4) is 5.75 Å². The van der Waals surface area contributed by atoms with E-state index >= 15 is 0 Å². The first-order valence-electron chi connectivity index (χ1n) is 8.71. The lowest BCUT2D eigenvalue weighted by Gasteiger charge is -2.25. The first-order chi connectivity index (χ1) is 11.1. The predicted molar refractivity (Wildman–Crippen MR) is 89.7 cm³/mol. The largest absolute Gasteiger partial charge is 0.493 e. The molecule has 4 nitrogen and oxygen atoms in total. The minimum absolute atomic E-state index is 0.227. The van der Waals surface area contributed by atoms with Crippen molar-refractivity contribution in [3.63, 3.8) is 0 Å². The molecule has 3 rings (SSSR count). The maximum atomic E-state index is 12.6. The number of hydrogen-bond donors (Lipinski definition) is 0. The normalized spacial score (nSPS) is 20.5. The SMILES string of the molecule is Cc1cccc(OCCC(=O)N(C[C@H]2CCOC2)C2CC2)c1C. The summed E-state index contributed by atoms with van der Waals surface area (Å²) in [5, 5.41) is 0. The molecule has 1 saturated heterocycles. The van der Waals surface area contributed by atoms with Crippen LogP contribution in [-0.2, 0) is 9.53 Å². The quantitative estimate of drug-likeness (QED) is 0.775. The van der Waals surface area contributed by atoms with E-state index in [1.54, 1.807) is 0 Å². The van der Waals surface area contributed by atoms with Gasteiger partial charge in [-0.2, -0.15) is 0 Å². The average molecular weight is 317 g/mol. The highest BCUT2D eigenvalue weighted by Crippen LogP contribution is 2.29. The number of carbonyl (C=O) groups excluding carboxylic acids is 1. The van der Waals surface area contributed by atoms with Gasteiger partial charge in [-0.1, -0.05) is 12.1 Å². The molecule has 1 aliphatic carbocycles. The fraction of sp³-hybridized carbons (Fsp3) is 0.632. The highest BCUT2D eigenvalue weighted by Gasteiger charge is 2.34. The Hall–Kier alpha value is -1.55. The molecule has 1 aromatic carbocycles. The van der Waals surface area contributed by atoms with Crippen LogP contribution in [0.5, 0.6) is 5.75 Å². The van der Waals surface area contributed by atoms with E-state index in [1.807, 2.05) is 12.1 Å². The summed E-state index contributed by atoms with van der Waals surface area (Å²) < 4.78 is 11.3. The number of rotatable bonds is 7. The van der Waals surface area contributed by atoms with Crippen molar-refractivity contribution in [2.45, 2.75) is 45.6 Å². The van der Waals surface area contributed by atoms with E-state index < -0.39 is 0 Å². The standard InChI is InChI=1S/C19H27NO3/c1-14-4-3-5-18(15(14)2)23-11-9-19(21)20(17-6-7-17)12-16-8-10-22-13-16/h3-5,16-17H,6-13H2,1-2H3/t16-/m1/s1. The van der Waals surface area contributed by atoms with Crippen molar-refractivity contribution in [3.05, 3.63) is 29.3 Å². The summed E-state index contributed by atoms with van der Waals surface area (Å²) in [6.45, 7) is 7.08. The molecule has 1 aliphatic heterocycles. The van der Waals surface area contributed by atoms with Crippen molar-refractivity contribution < 1.29 is 14.3 Å². The molecule has 0 spiro atoms. The summed E-state index contributed by atoms with van der Waals surface area (Å²) in [4.78, 5) is 14.6. The summed E-state index contributed by atoms with van der Waals surface area (Å²) >= 11 is 0. The van der Waals surface area contributed by atoms with Crippen LogP contribution in [0.25, 0.3) is 0 Å². The van der Waals surface area contributed by atoms with Crippen LogP contribution in [0.3, 0.4) is 0 Å². The van der Waals surface area contributed by atoms with Crippen molar-refractivity contribution in [1.29, 1.82) is 0 Å². The Morgan fingerprint density at radius 3 is 2.83 bits per heavy atom. The number of nitrogens with zero attached hydrogens (tertiary/aromatic N) is 1. The molecule has 0 N–H and O–H groups in total. The van der Waals surface area contributed by atoms with E-state index in [4.69, 9.17) is 9.47 Å². The van der Waals surface area contributed by atoms with Crippen LogP contribution in [0.4, 0.5) is 0 Å². The Kier molecular flexibility index (Phi) is 5.21. The van der Waals surface area contributed by atoms with Gasteiger partial charge in [-0.15, -0.1) is 0 Å². The second kappa shape index (κ2) is 7.35. The molecule has 126 valence electrons. The van der Waals surface area contributed by atoms with Crippen LogP contribution < -0.4 is 4.74 Å². The number of carbonyl (C=O) groups is 1. The van der Waals surface area contributed by atoms with Crippen LogP contribution in [0, 0.1) is 19.8 Å². The number of hydrogen-bond acceptors (Lipinski definition) is 3. The van der Waals surface area contributed by atoms with E-state index in [1.165, 1.54) is 5.56 Å². The summed E-state index contributed by atoms with van der Waals surface area (Å²) in [6, 6.07) is 6.51. The van der Waals surface area contributed by atoms with Crippen LogP contribution in [-0.4, -0.2) is 43.2 Å². The van der Waals surface area contributed by atoms with E-state index in [9.17, 15) is 4.79 Å². The van der Waals surface area contributed by atoms with E-state index in [2.05, 4.69) is 24.8 Å². The smallest absolute Gasteiger partial charge is 0.226 e. The third-order valence-corrected chi connectivity index (χ3v) is 4.92. The van der Waals surface area contributed by atoms with Gasteiger partial charge in [0, 0.05) is 25.1 Å². The van der Waals surface area contributed by atoms with E-state index in [-0.39, 0.29) is 5.91 Å². The van der Waals surface area contributed by atoms with Gasteiger partial charge in [0.1, 0.15) is 5.75 Å². The van der Waals surface area contributed by atoms with Crippen molar-refractivity contribution in [1.82, 2.24) is 4.90 Å². The molecule has 4 heteroatoms. The molecule has 1 aromatic rings. The Bertz CT molecular complexity index is 548. The lowest BCUT2D eigenvalue weighted by Crippen LogP contribution is -2.38. The molecular formula is C19H27NO3. The van der Waals surface area contributed by atoms with Gasteiger partial charge in [-0.05, 0) is 50.3 Å².